The van der Waals surface area contributed by atoms with E-state index in [0.29, 0.717) is 26.9 Å². The van der Waals surface area contributed by atoms with Gasteiger partial charge >= 0.3 is 0 Å². The number of hydrogen-bond donors (Lipinski definition) is 1. The van der Waals surface area contributed by atoms with E-state index in [1.165, 1.54) is 12.5 Å². The molecule has 0 atom stereocenters. The molecule has 2 rings (SSSR count). The van der Waals surface area contributed by atoms with Crippen LogP contribution in [0.25, 0.3) is 0 Å². The van der Waals surface area contributed by atoms with Crippen molar-refractivity contribution < 1.29 is 4.74 Å². The maximum absolute atomic E-state index is 5.83. The molecule has 0 amide bonds. The summed E-state index contributed by atoms with van der Waals surface area (Å²) in [6, 6.07) is 1.66. The first-order chi connectivity index (χ1) is 8.70. The molecule has 0 aliphatic rings. The van der Waals surface area contributed by atoms with Crippen molar-refractivity contribution in [1.29, 1.82) is 0 Å². The van der Waals surface area contributed by atoms with Crippen LogP contribution in [0, 0.1) is 0 Å². The minimum atomic E-state index is 0.407. The molecule has 2 heterocycles. The third-order valence-corrected chi connectivity index (χ3v) is 2.92. The van der Waals surface area contributed by atoms with Crippen LogP contribution in [-0.2, 0) is 0 Å². The van der Waals surface area contributed by atoms with Crippen LogP contribution in [0.5, 0.6) is 11.6 Å². The van der Waals surface area contributed by atoms with E-state index in [0.717, 1.165) is 6.54 Å². The average Bonchev–Trinajstić information content (AvgIpc) is 2.35. The third kappa shape index (κ3) is 3.08. The highest BCUT2D eigenvalue weighted by Gasteiger charge is 2.10. The first kappa shape index (κ1) is 13.0. The summed E-state index contributed by atoms with van der Waals surface area (Å²) in [7, 11) is 0. The predicted molar refractivity (Wildman–Crippen MR) is 73.2 cm³/mol. The first-order valence-corrected chi connectivity index (χ1v) is 6.40. The lowest BCUT2D eigenvalue weighted by Crippen LogP contribution is -2.02. The number of halogens is 2. The topological polar surface area (TPSA) is 59.9 Å². The Labute approximate surface area is 118 Å². The molecule has 0 saturated heterocycles. The molecule has 2 aromatic rings. The molecule has 0 spiro atoms. The molecular formula is C11H10BrClN4O. The van der Waals surface area contributed by atoms with Crippen LogP contribution in [0.15, 0.2) is 29.3 Å². The Morgan fingerprint density at radius 2 is 2.22 bits per heavy atom. The van der Waals surface area contributed by atoms with E-state index in [-0.39, 0.29) is 0 Å². The molecule has 0 fully saturated rings. The summed E-state index contributed by atoms with van der Waals surface area (Å²) in [5.41, 5.74) is 0. The van der Waals surface area contributed by atoms with Crippen LogP contribution in [0.3, 0.4) is 0 Å². The van der Waals surface area contributed by atoms with Crippen molar-refractivity contribution in [3.05, 3.63) is 34.3 Å². The lowest BCUT2D eigenvalue weighted by atomic mass is 10.4. The Balaban J connectivity index is 2.26. The van der Waals surface area contributed by atoms with Crippen molar-refractivity contribution in [2.45, 2.75) is 6.92 Å². The summed E-state index contributed by atoms with van der Waals surface area (Å²) in [5.74, 6) is 1.60. The normalized spacial score (nSPS) is 10.2. The SMILES string of the molecule is CCNc1ncnc(Oc2cncc(Cl)c2)c1Br. The Morgan fingerprint density at radius 3 is 2.94 bits per heavy atom. The second-order valence-electron chi connectivity index (χ2n) is 3.31. The highest BCUT2D eigenvalue weighted by atomic mass is 79.9. The predicted octanol–water partition coefficient (Wildman–Crippen LogP) is 3.51. The van der Waals surface area contributed by atoms with Crippen LogP contribution in [-0.4, -0.2) is 21.5 Å². The Hall–Kier alpha value is -1.40. The van der Waals surface area contributed by atoms with Crippen molar-refractivity contribution in [2.24, 2.45) is 0 Å². The van der Waals surface area contributed by atoms with E-state index in [1.807, 2.05) is 6.92 Å². The number of rotatable bonds is 4. The maximum Gasteiger partial charge on any atom is 0.238 e. The Kier molecular flexibility index (Phi) is 4.33. The van der Waals surface area contributed by atoms with Crippen LogP contribution in [0.4, 0.5) is 5.82 Å². The van der Waals surface area contributed by atoms with Gasteiger partial charge in [0.2, 0.25) is 5.88 Å². The number of anilines is 1. The summed E-state index contributed by atoms with van der Waals surface area (Å²) >= 11 is 9.22. The highest BCUT2D eigenvalue weighted by molar-refractivity contribution is 9.10. The van der Waals surface area contributed by atoms with Gasteiger partial charge in [0.1, 0.15) is 22.4 Å². The molecule has 0 aromatic carbocycles. The van der Waals surface area contributed by atoms with Crippen molar-refractivity contribution in [3.63, 3.8) is 0 Å². The molecule has 0 radical (unpaired) electrons. The summed E-state index contributed by atoms with van der Waals surface area (Å²) in [5, 5.41) is 3.60. The zero-order valence-electron chi connectivity index (χ0n) is 9.52. The van der Waals surface area contributed by atoms with Gasteiger partial charge in [0.15, 0.2) is 0 Å². The van der Waals surface area contributed by atoms with Crippen molar-refractivity contribution in [2.75, 3.05) is 11.9 Å². The second-order valence-corrected chi connectivity index (χ2v) is 4.54. The number of pyridine rings is 1. The zero-order valence-corrected chi connectivity index (χ0v) is 11.9. The van der Waals surface area contributed by atoms with Gasteiger partial charge in [0.25, 0.3) is 0 Å². The summed E-state index contributed by atoms with van der Waals surface area (Å²) in [6.07, 6.45) is 4.52. The fraction of sp³-hybridized carbons (Fsp3) is 0.182. The van der Waals surface area contributed by atoms with E-state index >= 15 is 0 Å². The Morgan fingerprint density at radius 1 is 1.39 bits per heavy atom. The number of ether oxygens (including phenoxy) is 1. The standard InChI is InChI=1S/C11H10BrClN4O/c1-2-15-10-9(12)11(17-6-16-10)18-8-3-7(13)4-14-5-8/h3-6H,2H2,1H3,(H,15,16,17). The van der Waals surface area contributed by atoms with Gasteiger partial charge < -0.3 is 10.1 Å². The molecule has 0 aliphatic carbocycles. The van der Waals surface area contributed by atoms with E-state index in [4.69, 9.17) is 16.3 Å². The van der Waals surface area contributed by atoms with Crippen LogP contribution in [0.2, 0.25) is 5.02 Å². The molecule has 7 heteroatoms. The molecule has 18 heavy (non-hydrogen) atoms. The zero-order chi connectivity index (χ0) is 13.0. The molecule has 0 unspecified atom stereocenters. The summed E-state index contributed by atoms with van der Waals surface area (Å²) < 4.78 is 6.25. The minimum Gasteiger partial charge on any atom is -0.436 e. The maximum atomic E-state index is 5.83. The Bertz CT molecular complexity index is 552. The van der Waals surface area contributed by atoms with E-state index in [9.17, 15) is 0 Å². The number of aromatic nitrogens is 3. The number of hydrogen-bond acceptors (Lipinski definition) is 5. The lowest BCUT2D eigenvalue weighted by molar-refractivity contribution is 0.456. The molecule has 0 saturated carbocycles. The number of nitrogens with one attached hydrogen (secondary N) is 1. The minimum absolute atomic E-state index is 0.407. The van der Waals surface area contributed by atoms with Gasteiger partial charge in [-0.3, -0.25) is 4.98 Å². The largest absolute Gasteiger partial charge is 0.436 e. The van der Waals surface area contributed by atoms with Crippen molar-refractivity contribution in [1.82, 2.24) is 15.0 Å². The highest BCUT2D eigenvalue weighted by Crippen LogP contribution is 2.32. The van der Waals surface area contributed by atoms with E-state index in [2.05, 4.69) is 36.2 Å². The lowest BCUT2D eigenvalue weighted by Gasteiger charge is -2.09. The quantitative estimate of drug-likeness (QED) is 0.930. The summed E-state index contributed by atoms with van der Waals surface area (Å²) in [6.45, 7) is 2.74. The first-order valence-electron chi connectivity index (χ1n) is 5.23. The fourth-order valence-electron chi connectivity index (χ4n) is 1.28. The van der Waals surface area contributed by atoms with E-state index in [1.54, 1.807) is 12.3 Å². The second kappa shape index (κ2) is 5.97. The molecule has 94 valence electrons. The van der Waals surface area contributed by atoms with Crippen LogP contribution >= 0.6 is 27.5 Å². The molecule has 1 N–H and O–H groups in total. The van der Waals surface area contributed by atoms with Gasteiger partial charge in [-0.2, -0.15) is 0 Å². The van der Waals surface area contributed by atoms with Gasteiger partial charge in [-0.1, -0.05) is 11.6 Å². The fourth-order valence-corrected chi connectivity index (χ4v) is 1.87. The van der Waals surface area contributed by atoms with Gasteiger partial charge in [0, 0.05) is 18.8 Å². The average molecular weight is 330 g/mol. The molecule has 0 bridgehead atoms. The molecular weight excluding hydrogens is 320 g/mol. The molecule has 5 nitrogen and oxygen atoms in total. The van der Waals surface area contributed by atoms with Crippen LogP contribution < -0.4 is 10.1 Å². The molecule has 0 aliphatic heterocycles. The van der Waals surface area contributed by atoms with Crippen molar-refractivity contribution >= 4 is 33.3 Å². The van der Waals surface area contributed by atoms with Crippen molar-refractivity contribution in [3.8, 4) is 11.6 Å². The molecule has 2 aromatic heterocycles. The monoisotopic (exact) mass is 328 g/mol. The number of nitrogens with zero attached hydrogens (tertiary/aromatic N) is 3. The summed E-state index contributed by atoms with van der Waals surface area (Å²) in [4.78, 5) is 12.1. The van der Waals surface area contributed by atoms with E-state index < -0.39 is 0 Å². The van der Waals surface area contributed by atoms with Gasteiger partial charge in [-0.05, 0) is 22.9 Å². The van der Waals surface area contributed by atoms with Crippen LogP contribution in [0.1, 0.15) is 6.92 Å². The van der Waals surface area contributed by atoms with Gasteiger partial charge in [-0.15, -0.1) is 0 Å². The van der Waals surface area contributed by atoms with Gasteiger partial charge in [-0.25, -0.2) is 9.97 Å². The smallest absolute Gasteiger partial charge is 0.238 e. The van der Waals surface area contributed by atoms with Gasteiger partial charge in [0.05, 0.1) is 11.2 Å². The third-order valence-electron chi connectivity index (χ3n) is 2.00.